The maximum absolute atomic E-state index is 13.1. The molecule has 2 amide bonds. The van der Waals surface area contributed by atoms with Crippen LogP contribution in [-0.2, 0) is 15.8 Å². The summed E-state index contributed by atoms with van der Waals surface area (Å²) in [7, 11) is 0. The number of alkyl halides is 3. The standard InChI is InChI=1S/C27H20F4IN3O4/c1-2-38-23-12-16(10-17(14-33)26(37)35-21-5-3-4-18(13-21)27(29,30)31)11-22(32)25(23)39-15-24(36)34-20-8-6-19(28)7-9-20/h3-13H,2,15H2,1H3,(H,34,36)(H,35,37)/b17-10-. The molecule has 3 rings (SSSR count). The third-order valence-corrected chi connectivity index (χ3v) is 5.73. The Kier molecular flexibility index (Phi) is 9.89. The average molecular weight is 653 g/mol. The zero-order chi connectivity index (χ0) is 28.6. The summed E-state index contributed by atoms with van der Waals surface area (Å²) < 4.78 is 63.7. The molecule has 3 aromatic carbocycles. The van der Waals surface area contributed by atoms with Gasteiger partial charge < -0.3 is 20.1 Å². The summed E-state index contributed by atoms with van der Waals surface area (Å²) in [5, 5.41) is 14.4. The Bertz CT molecular complexity index is 1430. The first-order valence-corrected chi connectivity index (χ1v) is 12.3. The fourth-order valence-electron chi connectivity index (χ4n) is 3.23. The Morgan fingerprint density at radius 3 is 2.38 bits per heavy atom. The summed E-state index contributed by atoms with van der Waals surface area (Å²) in [6.07, 6.45) is -3.34. The normalized spacial score (nSPS) is 11.4. The van der Waals surface area contributed by atoms with Crippen molar-refractivity contribution in [3.8, 4) is 17.6 Å². The first kappa shape index (κ1) is 29.4. The van der Waals surface area contributed by atoms with Gasteiger partial charge in [0.2, 0.25) is 0 Å². The summed E-state index contributed by atoms with van der Waals surface area (Å²) in [5.41, 5.74) is -0.666. The van der Waals surface area contributed by atoms with Crippen LogP contribution in [0.2, 0.25) is 0 Å². The molecule has 7 nitrogen and oxygen atoms in total. The van der Waals surface area contributed by atoms with Gasteiger partial charge in [-0.3, -0.25) is 9.59 Å². The molecule has 3 aromatic rings. The summed E-state index contributed by atoms with van der Waals surface area (Å²) >= 11 is 1.93. The van der Waals surface area contributed by atoms with Gasteiger partial charge in [0.15, 0.2) is 18.1 Å². The number of carbonyl (C=O) groups is 2. The molecule has 0 bridgehead atoms. The van der Waals surface area contributed by atoms with Gasteiger partial charge >= 0.3 is 6.18 Å². The second-order valence-electron chi connectivity index (χ2n) is 7.81. The monoisotopic (exact) mass is 653 g/mol. The highest BCUT2D eigenvalue weighted by Crippen LogP contribution is 2.35. The molecule has 0 heterocycles. The molecule has 0 spiro atoms. The molecule has 39 heavy (non-hydrogen) atoms. The number of nitrogens with zero attached hydrogens (tertiary/aromatic N) is 1. The molecule has 12 heteroatoms. The van der Waals surface area contributed by atoms with Crippen molar-refractivity contribution in [2.75, 3.05) is 23.8 Å². The van der Waals surface area contributed by atoms with Crippen LogP contribution in [0, 0.1) is 20.7 Å². The van der Waals surface area contributed by atoms with Crippen molar-refractivity contribution in [3.05, 3.63) is 86.8 Å². The van der Waals surface area contributed by atoms with Crippen LogP contribution in [-0.4, -0.2) is 25.0 Å². The van der Waals surface area contributed by atoms with E-state index in [4.69, 9.17) is 9.47 Å². The van der Waals surface area contributed by atoms with E-state index in [0.717, 1.165) is 18.2 Å². The quantitative estimate of drug-likeness (QED) is 0.120. The summed E-state index contributed by atoms with van der Waals surface area (Å²) in [4.78, 5) is 24.9. The van der Waals surface area contributed by atoms with Crippen molar-refractivity contribution in [1.29, 1.82) is 5.26 Å². The van der Waals surface area contributed by atoms with E-state index in [-0.39, 0.29) is 36.0 Å². The number of nitriles is 1. The first-order valence-electron chi connectivity index (χ1n) is 11.2. The Morgan fingerprint density at radius 1 is 1.03 bits per heavy atom. The smallest absolute Gasteiger partial charge is 0.416 e. The van der Waals surface area contributed by atoms with E-state index in [1.807, 2.05) is 22.6 Å². The number of nitrogens with one attached hydrogen (secondary N) is 2. The van der Waals surface area contributed by atoms with E-state index < -0.39 is 29.4 Å². The lowest BCUT2D eigenvalue weighted by Gasteiger charge is -2.15. The van der Waals surface area contributed by atoms with E-state index in [0.29, 0.717) is 14.8 Å². The van der Waals surface area contributed by atoms with Gasteiger partial charge in [0.1, 0.15) is 17.5 Å². The number of rotatable bonds is 9. The molecule has 0 saturated carbocycles. The number of halogens is 5. The largest absolute Gasteiger partial charge is 0.490 e. The fraction of sp³-hybridized carbons (Fsp3) is 0.148. The topological polar surface area (TPSA) is 100 Å². The Morgan fingerprint density at radius 2 is 1.74 bits per heavy atom. The van der Waals surface area contributed by atoms with Crippen LogP contribution >= 0.6 is 22.6 Å². The molecule has 0 atom stereocenters. The zero-order valence-corrected chi connectivity index (χ0v) is 22.4. The van der Waals surface area contributed by atoms with Gasteiger partial charge in [-0.1, -0.05) is 6.07 Å². The fourth-order valence-corrected chi connectivity index (χ4v) is 4.01. The molecule has 0 aliphatic carbocycles. The summed E-state index contributed by atoms with van der Waals surface area (Å²) in [6, 6.07) is 14.1. The Balaban J connectivity index is 1.77. The lowest BCUT2D eigenvalue weighted by Crippen LogP contribution is -2.20. The van der Waals surface area contributed by atoms with Gasteiger partial charge in [-0.05, 0) is 95.8 Å². The molecule has 0 radical (unpaired) electrons. The molecule has 0 fully saturated rings. The lowest BCUT2D eigenvalue weighted by atomic mass is 10.1. The molecule has 2 N–H and O–H groups in total. The molecular formula is C27H20F4IN3O4. The van der Waals surface area contributed by atoms with Crippen LogP contribution in [0.4, 0.5) is 28.9 Å². The van der Waals surface area contributed by atoms with Gasteiger partial charge in [0.25, 0.3) is 11.8 Å². The van der Waals surface area contributed by atoms with Crippen LogP contribution in [0.3, 0.4) is 0 Å². The van der Waals surface area contributed by atoms with Crippen molar-refractivity contribution in [2.24, 2.45) is 0 Å². The van der Waals surface area contributed by atoms with Gasteiger partial charge in [0, 0.05) is 11.4 Å². The predicted molar refractivity (Wildman–Crippen MR) is 145 cm³/mol. The van der Waals surface area contributed by atoms with E-state index in [2.05, 4.69) is 10.6 Å². The minimum Gasteiger partial charge on any atom is -0.490 e. The van der Waals surface area contributed by atoms with Crippen LogP contribution in [0.5, 0.6) is 11.5 Å². The van der Waals surface area contributed by atoms with E-state index in [1.54, 1.807) is 19.1 Å². The van der Waals surface area contributed by atoms with Crippen LogP contribution in [0.1, 0.15) is 18.1 Å². The highest BCUT2D eigenvalue weighted by molar-refractivity contribution is 14.1. The van der Waals surface area contributed by atoms with Crippen molar-refractivity contribution in [1.82, 2.24) is 0 Å². The highest BCUT2D eigenvalue weighted by atomic mass is 127. The molecule has 0 saturated heterocycles. The van der Waals surface area contributed by atoms with E-state index in [1.165, 1.54) is 42.5 Å². The van der Waals surface area contributed by atoms with Crippen LogP contribution < -0.4 is 20.1 Å². The van der Waals surface area contributed by atoms with Crippen molar-refractivity contribution >= 4 is 51.9 Å². The molecule has 202 valence electrons. The number of ether oxygens (including phenoxy) is 2. The second kappa shape index (κ2) is 13.1. The molecular weight excluding hydrogens is 633 g/mol. The number of hydrogen-bond acceptors (Lipinski definition) is 5. The van der Waals surface area contributed by atoms with Crippen LogP contribution in [0.15, 0.2) is 66.2 Å². The van der Waals surface area contributed by atoms with Gasteiger partial charge in [-0.15, -0.1) is 0 Å². The van der Waals surface area contributed by atoms with Crippen molar-refractivity contribution < 1.29 is 36.6 Å². The predicted octanol–water partition coefficient (Wildman–Crippen LogP) is 6.41. The van der Waals surface area contributed by atoms with Crippen LogP contribution in [0.25, 0.3) is 6.08 Å². The molecule has 0 aliphatic heterocycles. The van der Waals surface area contributed by atoms with E-state index in [9.17, 15) is 32.4 Å². The van der Waals surface area contributed by atoms with Crippen molar-refractivity contribution in [3.63, 3.8) is 0 Å². The van der Waals surface area contributed by atoms with Gasteiger partial charge in [-0.25, -0.2) is 4.39 Å². The summed E-state index contributed by atoms with van der Waals surface area (Å²) in [6.45, 7) is 1.58. The van der Waals surface area contributed by atoms with Gasteiger partial charge in [0.05, 0.1) is 15.7 Å². The molecule has 0 aromatic heterocycles. The number of carbonyl (C=O) groups excluding carboxylic acids is 2. The van der Waals surface area contributed by atoms with Crippen molar-refractivity contribution in [2.45, 2.75) is 13.1 Å². The number of anilines is 2. The first-order chi connectivity index (χ1) is 18.5. The second-order valence-corrected chi connectivity index (χ2v) is 8.97. The number of amides is 2. The third kappa shape index (κ3) is 8.44. The number of benzene rings is 3. The number of hydrogen-bond donors (Lipinski definition) is 2. The maximum Gasteiger partial charge on any atom is 0.416 e. The average Bonchev–Trinajstić information content (AvgIpc) is 2.88. The summed E-state index contributed by atoms with van der Waals surface area (Å²) in [5.74, 6) is -1.36. The van der Waals surface area contributed by atoms with Gasteiger partial charge in [-0.2, -0.15) is 18.4 Å². The highest BCUT2D eigenvalue weighted by Gasteiger charge is 2.30. The minimum atomic E-state index is -4.59. The SMILES string of the molecule is CCOc1cc(/C=C(/C#N)C(=O)Nc2cccc(C(F)(F)F)c2)cc(I)c1OCC(=O)Nc1ccc(F)cc1. The molecule has 0 unspecified atom stereocenters. The third-order valence-electron chi connectivity index (χ3n) is 4.93. The lowest BCUT2D eigenvalue weighted by molar-refractivity contribution is -0.137. The van der Waals surface area contributed by atoms with E-state index >= 15 is 0 Å². The maximum atomic E-state index is 13.1. The Labute approximate surface area is 234 Å². The Hall–Kier alpha value is -4.12. The zero-order valence-electron chi connectivity index (χ0n) is 20.2. The molecule has 0 aliphatic rings. The minimum absolute atomic E-state index is 0.122.